The fourth-order valence-electron chi connectivity index (χ4n) is 3.34. The van der Waals surface area contributed by atoms with Crippen molar-refractivity contribution in [3.8, 4) is 0 Å². The van der Waals surface area contributed by atoms with Gasteiger partial charge in [-0.15, -0.1) is 0 Å². The Kier molecular flexibility index (Phi) is 3.18. The summed E-state index contributed by atoms with van der Waals surface area (Å²) >= 11 is 0. The SMILES string of the molecule is CCCN1C(=O)N2C(=NCC2c2ccccc2)c2c1ncn2C. The molecule has 1 aromatic heterocycles. The predicted octanol–water partition coefficient (Wildman–Crippen LogP) is 2.57. The van der Waals surface area contributed by atoms with Crippen LogP contribution in [-0.2, 0) is 7.05 Å². The molecule has 2 aliphatic rings. The topological polar surface area (TPSA) is 53.7 Å². The van der Waals surface area contributed by atoms with E-state index in [1.165, 1.54) is 0 Å². The number of aryl methyl sites for hydroxylation is 1. The van der Waals surface area contributed by atoms with Gasteiger partial charge in [0.2, 0.25) is 0 Å². The van der Waals surface area contributed by atoms with Crippen LogP contribution in [0.1, 0.15) is 30.6 Å². The maximum Gasteiger partial charge on any atom is 0.332 e. The highest BCUT2D eigenvalue weighted by Gasteiger charge is 2.44. The van der Waals surface area contributed by atoms with Crippen LogP contribution in [0.4, 0.5) is 10.6 Å². The molecule has 118 valence electrons. The van der Waals surface area contributed by atoms with Crippen LogP contribution in [0.15, 0.2) is 41.7 Å². The van der Waals surface area contributed by atoms with Crippen molar-refractivity contribution in [1.29, 1.82) is 0 Å². The molecule has 1 aromatic carbocycles. The predicted molar refractivity (Wildman–Crippen MR) is 88.7 cm³/mol. The monoisotopic (exact) mass is 309 g/mol. The quantitative estimate of drug-likeness (QED) is 0.875. The Morgan fingerprint density at radius 1 is 1.26 bits per heavy atom. The number of rotatable bonds is 3. The van der Waals surface area contributed by atoms with Gasteiger partial charge in [-0.1, -0.05) is 37.3 Å². The maximum atomic E-state index is 13.1. The minimum Gasteiger partial charge on any atom is -0.329 e. The van der Waals surface area contributed by atoms with Crippen molar-refractivity contribution in [3.63, 3.8) is 0 Å². The first-order valence-corrected chi connectivity index (χ1v) is 7.94. The fraction of sp³-hybridized carbons (Fsp3) is 0.353. The Labute approximate surface area is 135 Å². The van der Waals surface area contributed by atoms with E-state index < -0.39 is 0 Å². The molecular formula is C17H19N5O. The highest BCUT2D eigenvalue weighted by molar-refractivity contribution is 6.18. The molecule has 0 spiro atoms. The van der Waals surface area contributed by atoms with E-state index in [0.717, 1.165) is 29.3 Å². The molecule has 0 radical (unpaired) electrons. The second-order valence-corrected chi connectivity index (χ2v) is 5.92. The summed E-state index contributed by atoms with van der Waals surface area (Å²) in [6.45, 7) is 3.32. The van der Waals surface area contributed by atoms with Gasteiger partial charge in [-0.2, -0.15) is 0 Å². The number of anilines is 1. The second-order valence-electron chi connectivity index (χ2n) is 5.92. The average Bonchev–Trinajstić information content (AvgIpc) is 3.16. The molecule has 2 aliphatic heterocycles. The van der Waals surface area contributed by atoms with Crippen molar-refractivity contribution in [2.75, 3.05) is 18.0 Å². The van der Waals surface area contributed by atoms with E-state index in [0.29, 0.717) is 13.1 Å². The number of amides is 2. The molecule has 1 unspecified atom stereocenters. The Morgan fingerprint density at radius 2 is 2.04 bits per heavy atom. The molecule has 0 saturated heterocycles. The molecule has 4 rings (SSSR count). The summed E-state index contributed by atoms with van der Waals surface area (Å²) in [5.41, 5.74) is 2.04. The third kappa shape index (κ3) is 1.98. The van der Waals surface area contributed by atoms with Gasteiger partial charge < -0.3 is 4.57 Å². The number of carbonyl (C=O) groups excluding carboxylic acids is 1. The molecule has 2 amide bonds. The number of aromatic nitrogens is 2. The third-order valence-electron chi connectivity index (χ3n) is 4.41. The van der Waals surface area contributed by atoms with E-state index in [1.807, 2.05) is 34.7 Å². The van der Waals surface area contributed by atoms with Gasteiger partial charge >= 0.3 is 6.03 Å². The summed E-state index contributed by atoms with van der Waals surface area (Å²) in [5.74, 6) is 1.47. The van der Waals surface area contributed by atoms with Gasteiger partial charge in [0.15, 0.2) is 11.7 Å². The van der Waals surface area contributed by atoms with E-state index in [-0.39, 0.29) is 12.1 Å². The van der Waals surface area contributed by atoms with Crippen LogP contribution >= 0.6 is 0 Å². The number of hydrogen-bond acceptors (Lipinski definition) is 3. The number of amidine groups is 1. The molecule has 6 heteroatoms. The van der Waals surface area contributed by atoms with Gasteiger partial charge in [-0.3, -0.25) is 14.8 Å². The lowest BCUT2D eigenvalue weighted by Crippen LogP contribution is -2.51. The van der Waals surface area contributed by atoms with Gasteiger partial charge in [0.25, 0.3) is 0 Å². The molecule has 0 saturated carbocycles. The largest absolute Gasteiger partial charge is 0.332 e. The Bertz CT molecular complexity index is 780. The van der Waals surface area contributed by atoms with Crippen molar-refractivity contribution >= 4 is 17.7 Å². The summed E-state index contributed by atoms with van der Waals surface area (Å²) < 4.78 is 1.95. The van der Waals surface area contributed by atoms with E-state index in [2.05, 4.69) is 29.0 Å². The zero-order valence-electron chi connectivity index (χ0n) is 13.3. The molecular weight excluding hydrogens is 290 g/mol. The molecule has 3 heterocycles. The lowest BCUT2D eigenvalue weighted by atomic mass is 10.1. The van der Waals surface area contributed by atoms with Gasteiger partial charge in [0.05, 0.1) is 18.9 Å². The van der Waals surface area contributed by atoms with Crippen molar-refractivity contribution in [3.05, 3.63) is 47.9 Å². The molecule has 0 bridgehead atoms. The summed E-state index contributed by atoms with van der Waals surface area (Å²) in [7, 11) is 1.95. The Hall–Kier alpha value is -2.63. The number of nitrogens with zero attached hydrogens (tertiary/aromatic N) is 5. The first kappa shape index (κ1) is 14.0. The van der Waals surface area contributed by atoms with Gasteiger partial charge in [-0.05, 0) is 12.0 Å². The number of hydrogen-bond donors (Lipinski definition) is 0. The van der Waals surface area contributed by atoms with Crippen molar-refractivity contribution in [2.24, 2.45) is 12.0 Å². The lowest BCUT2D eigenvalue weighted by Gasteiger charge is -2.36. The molecule has 0 fully saturated rings. The number of fused-ring (bicyclic) bond motifs is 3. The maximum absolute atomic E-state index is 13.1. The van der Waals surface area contributed by atoms with Crippen molar-refractivity contribution in [1.82, 2.24) is 14.5 Å². The standard InChI is InChI=1S/C17H19N5O/c1-3-9-21-15-14(20(2)11-19-15)16-18-10-13(22(16)17(21)23)12-7-5-4-6-8-12/h4-8,11,13H,3,9-10H2,1-2H3. The minimum absolute atomic E-state index is 0.0249. The van der Waals surface area contributed by atoms with E-state index in [4.69, 9.17) is 0 Å². The number of aliphatic imine (C=N–C) groups is 1. The molecule has 1 atom stereocenters. The third-order valence-corrected chi connectivity index (χ3v) is 4.41. The highest BCUT2D eigenvalue weighted by Crippen LogP contribution is 2.37. The van der Waals surface area contributed by atoms with Crippen LogP contribution in [0.2, 0.25) is 0 Å². The smallest absolute Gasteiger partial charge is 0.329 e. The minimum atomic E-state index is -0.0406. The van der Waals surface area contributed by atoms with Gasteiger partial charge in [-0.25, -0.2) is 9.78 Å². The molecule has 0 N–H and O–H groups in total. The molecule has 6 nitrogen and oxygen atoms in total. The molecule has 23 heavy (non-hydrogen) atoms. The van der Waals surface area contributed by atoms with E-state index in [9.17, 15) is 4.79 Å². The van der Waals surface area contributed by atoms with E-state index >= 15 is 0 Å². The second kappa shape index (κ2) is 5.22. The lowest BCUT2D eigenvalue weighted by molar-refractivity contribution is 0.218. The fourth-order valence-corrected chi connectivity index (χ4v) is 3.34. The average molecular weight is 309 g/mol. The number of urea groups is 1. The number of benzene rings is 1. The summed E-state index contributed by atoms with van der Waals surface area (Å²) in [6, 6.07) is 10.0. The van der Waals surface area contributed by atoms with Gasteiger partial charge in [0.1, 0.15) is 5.69 Å². The first-order valence-electron chi connectivity index (χ1n) is 7.94. The summed E-state index contributed by atoms with van der Waals surface area (Å²) in [6.07, 6.45) is 2.64. The van der Waals surface area contributed by atoms with Crippen molar-refractivity contribution in [2.45, 2.75) is 19.4 Å². The highest BCUT2D eigenvalue weighted by atomic mass is 16.2. The van der Waals surface area contributed by atoms with Gasteiger partial charge in [0, 0.05) is 13.6 Å². The van der Waals surface area contributed by atoms with Crippen LogP contribution in [0.25, 0.3) is 0 Å². The number of carbonyl (C=O) groups is 1. The number of imidazole rings is 1. The Morgan fingerprint density at radius 3 is 2.78 bits per heavy atom. The summed E-state index contributed by atoms with van der Waals surface area (Å²) in [5, 5.41) is 0. The van der Waals surface area contributed by atoms with Crippen LogP contribution < -0.4 is 4.90 Å². The van der Waals surface area contributed by atoms with Crippen molar-refractivity contribution < 1.29 is 4.79 Å². The van der Waals surface area contributed by atoms with Crippen LogP contribution in [-0.4, -0.2) is 39.4 Å². The zero-order chi connectivity index (χ0) is 16.0. The Balaban J connectivity index is 1.81. The summed E-state index contributed by atoms with van der Waals surface area (Å²) in [4.78, 5) is 25.8. The van der Waals surface area contributed by atoms with Crippen LogP contribution in [0.3, 0.4) is 0 Å². The van der Waals surface area contributed by atoms with E-state index in [1.54, 1.807) is 11.2 Å². The molecule has 0 aliphatic carbocycles. The zero-order valence-corrected chi connectivity index (χ0v) is 13.3. The van der Waals surface area contributed by atoms with Crippen LogP contribution in [0, 0.1) is 0 Å². The molecule has 2 aromatic rings. The first-order chi connectivity index (χ1) is 11.2. The normalized spacial score (nSPS) is 19.7. The van der Waals surface area contributed by atoms with Crippen LogP contribution in [0.5, 0.6) is 0 Å².